The summed E-state index contributed by atoms with van der Waals surface area (Å²) in [4.78, 5) is 39.7. The third kappa shape index (κ3) is 5.55. The summed E-state index contributed by atoms with van der Waals surface area (Å²) in [6, 6.07) is 0. The number of phenols is 2. The minimum atomic E-state index is -1.51. The molecule has 3 N–H and O–H groups in total. The molecule has 8 heteroatoms. The van der Waals surface area contributed by atoms with Crippen molar-refractivity contribution in [1.82, 2.24) is 5.32 Å². The number of allylic oxidation sites excluding steroid dienone is 4. The fourth-order valence-corrected chi connectivity index (χ4v) is 6.74. The molecule has 2 heterocycles. The number of ketones is 3. The molecule has 8 nitrogen and oxygen atoms in total. The van der Waals surface area contributed by atoms with Crippen LogP contribution in [0.3, 0.4) is 0 Å². The number of ether oxygens (including phenoxy) is 2. The summed E-state index contributed by atoms with van der Waals surface area (Å²) in [5.41, 5.74) is -1.10. The van der Waals surface area contributed by atoms with Crippen molar-refractivity contribution >= 4 is 17.3 Å². The van der Waals surface area contributed by atoms with Gasteiger partial charge in [0.2, 0.25) is 0 Å². The van der Waals surface area contributed by atoms with Crippen molar-refractivity contribution < 1.29 is 34.1 Å². The quantitative estimate of drug-likeness (QED) is 0.194. The first-order valence-electron chi connectivity index (χ1n) is 14.8. The maximum Gasteiger partial charge on any atom is 0.194 e. The lowest BCUT2D eigenvalue weighted by Crippen LogP contribution is -2.41. The van der Waals surface area contributed by atoms with Crippen LogP contribution in [0.25, 0.3) is 0 Å². The number of hydrogen-bond donors (Lipinski definition) is 3. The highest BCUT2D eigenvalue weighted by atomic mass is 16.5. The summed E-state index contributed by atoms with van der Waals surface area (Å²) in [5, 5.41) is 24.9. The second-order valence-electron chi connectivity index (χ2n) is 13.2. The Labute approximate surface area is 243 Å². The van der Waals surface area contributed by atoms with E-state index in [0.29, 0.717) is 30.0 Å². The van der Waals surface area contributed by atoms with E-state index in [1.807, 2.05) is 0 Å². The Morgan fingerprint density at radius 3 is 2.39 bits per heavy atom. The van der Waals surface area contributed by atoms with Crippen LogP contribution in [0, 0.1) is 24.7 Å². The summed E-state index contributed by atoms with van der Waals surface area (Å²) >= 11 is 0. The van der Waals surface area contributed by atoms with E-state index in [1.54, 1.807) is 13.8 Å². The summed E-state index contributed by atoms with van der Waals surface area (Å²) in [5.74, 6) is -0.572. The number of fused-ring (bicyclic) bond motifs is 3. The average molecular weight is 568 g/mol. The minimum absolute atomic E-state index is 0.00753. The zero-order chi connectivity index (χ0) is 30.4. The lowest BCUT2D eigenvalue weighted by atomic mass is 9.70. The molecule has 41 heavy (non-hydrogen) atoms. The highest BCUT2D eigenvalue weighted by Gasteiger charge is 2.56. The van der Waals surface area contributed by atoms with Crippen LogP contribution in [-0.4, -0.2) is 46.3 Å². The van der Waals surface area contributed by atoms with E-state index >= 15 is 0 Å². The van der Waals surface area contributed by atoms with E-state index in [4.69, 9.17) is 9.47 Å². The Balaban J connectivity index is 1.61. The molecule has 4 rings (SSSR count). The lowest BCUT2D eigenvalue weighted by molar-refractivity contribution is -0.123. The molecule has 0 aromatic heterocycles. The smallest absolute Gasteiger partial charge is 0.194 e. The van der Waals surface area contributed by atoms with Crippen LogP contribution >= 0.6 is 0 Å². The molecule has 0 radical (unpaired) electrons. The minimum Gasteiger partial charge on any atom is -0.507 e. The topological polar surface area (TPSA) is 122 Å². The van der Waals surface area contributed by atoms with E-state index in [0.717, 1.165) is 38.7 Å². The van der Waals surface area contributed by atoms with Gasteiger partial charge in [0.1, 0.15) is 34.0 Å². The first-order chi connectivity index (χ1) is 19.1. The fraction of sp³-hybridized carbons (Fsp3) is 0.606. The predicted octanol–water partition coefficient (Wildman–Crippen LogP) is 5.81. The van der Waals surface area contributed by atoms with Crippen molar-refractivity contribution in [2.75, 3.05) is 13.2 Å². The molecule has 3 aliphatic rings. The van der Waals surface area contributed by atoms with Crippen LogP contribution in [0.4, 0.5) is 0 Å². The van der Waals surface area contributed by atoms with Gasteiger partial charge in [-0.25, -0.2) is 0 Å². The summed E-state index contributed by atoms with van der Waals surface area (Å²) < 4.78 is 11.8. The van der Waals surface area contributed by atoms with Crippen molar-refractivity contribution in [3.8, 4) is 17.2 Å². The molecular weight excluding hydrogens is 522 g/mol. The third-order valence-corrected chi connectivity index (χ3v) is 9.18. The molecule has 224 valence electrons. The number of rotatable bonds is 9. The van der Waals surface area contributed by atoms with Gasteiger partial charge in [-0.15, -0.1) is 0 Å². The molecular formula is C33H45NO7. The fourth-order valence-electron chi connectivity index (χ4n) is 6.74. The number of aromatic hydroxyl groups is 2. The SMILES string of the molecule is CC(=O)c1c(O)c(C)c(O)c2c1OC1=CC(=O)/C(=C(/C)NCC[C@H](CCC(C)C)[C@H]3CCOC(C)(C)C3)C(=O)[C@@]12C. The third-order valence-electron chi connectivity index (χ3n) is 9.18. The highest BCUT2D eigenvalue weighted by Crippen LogP contribution is 2.57. The van der Waals surface area contributed by atoms with E-state index in [1.165, 1.54) is 19.9 Å². The molecule has 0 unspecified atom stereocenters. The first-order valence-corrected chi connectivity index (χ1v) is 14.8. The Bertz CT molecular complexity index is 1340. The van der Waals surface area contributed by atoms with Gasteiger partial charge in [-0.05, 0) is 85.0 Å². The van der Waals surface area contributed by atoms with Gasteiger partial charge in [-0.1, -0.05) is 20.3 Å². The number of phenolic OH excluding ortho intramolecular Hbond substituents is 2. The summed E-state index contributed by atoms with van der Waals surface area (Å²) in [6.45, 7) is 16.2. The first kappa shape index (κ1) is 30.8. The zero-order valence-electron chi connectivity index (χ0n) is 25.7. The van der Waals surface area contributed by atoms with Crippen molar-refractivity contribution in [1.29, 1.82) is 0 Å². The molecule has 1 fully saturated rings. The van der Waals surface area contributed by atoms with Crippen LogP contribution in [0.1, 0.15) is 102 Å². The van der Waals surface area contributed by atoms with E-state index in [2.05, 4.69) is 33.0 Å². The molecule has 2 aliphatic heterocycles. The second-order valence-corrected chi connectivity index (χ2v) is 13.2. The van der Waals surface area contributed by atoms with Gasteiger partial charge in [-0.3, -0.25) is 14.4 Å². The monoisotopic (exact) mass is 567 g/mol. The van der Waals surface area contributed by atoms with Crippen molar-refractivity contribution in [2.45, 2.75) is 98.5 Å². The van der Waals surface area contributed by atoms with Crippen LogP contribution < -0.4 is 10.1 Å². The van der Waals surface area contributed by atoms with Crippen LogP contribution in [0.5, 0.6) is 17.2 Å². The van der Waals surface area contributed by atoms with Crippen LogP contribution in [-0.2, 0) is 19.7 Å². The molecule has 1 aromatic carbocycles. The van der Waals surface area contributed by atoms with E-state index < -0.39 is 28.5 Å². The Kier molecular flexibility index (Phi) is 8.47. The zero-order valence-corrected chi connectivity index (χ0v) is 25.7. The maximum absolute atomic E-state index is 14.1. The molecule has 0 amide bonds. The van der Waals surface area contributed by atoms with Gasteiger partial charge in [0.05, 0.1) is 16.7 Å². The molecule has 0 bridgehead atoms. The predicted molar refractivity (Wildman–Crippen MR) is 156 cm³/mol. The highest BCUT2D eigenvalue weighted by molar-refractivity contribution is 6.31. The molecule has 1 saturated heterocycles. The molecule has 0 spiro atoms. The van der Waals surface area contributed by atoms with Crippen molar-refractivity contribution in [2.24, 2.45) is 17.8 Å². The largest absolute Gasteiger partial charge is 0.507 e. The number of benzene rings is 1. The van der Waals surface area contributed by atoms with Crippen molar-refractivity contribution in [3.63, 3.8) is 0 Å². The van der Waals surface area contributed by atoms with Gasteiger partial charge in [0.15, 0.2) is 17.3 Å². The number of carbonyl (C=O) groups excluding carboxylic acids is 3. The second kappa shape index (κ2) is 11.3. The summed E-state index contributed by atoms with van der Waals surface area (Å²) in [6.07, 6.45) is 6.48. The number of carbonyl (C=O) groups is 3. The molecule has 0 saturated carbocycles. The van der Waals surface area contributed by atoms with Crippen molar-refractivity contribution in [3.05, 3.63) is 39.8 Å². The molecule has 1 aromatic rings. The van der Waals surface area contributed by atoms with Crippen LogP contribution in [0.2, 0.25) is 0 Å². The molecule has 3 atom stereocenters. The van der Waals surface area contributed by atoms with Gasteiger partial charge in [-0.2, -0.15) is 0 Å². The van der Waals surface area contributed by atoms with Gasteiger partial charge < -0.3 is 25.0 Å². The van der Waals surface area contributed by atoms with Gasteiger partial charge in [0, 0.05) is 30.5 Å². The van der Waals surface area contributed by atoms with Gasteiger partial charge >= 0.3 is 0 Å². The Morgan fingerprint density at radius 2 is 1.78 bits per heavy atom. The number of hydrogen-bond acceptors (Lipinski definition) is 8. The Hall–Kier alpha value is -3.13. The lowest BCUT2D eigenvalue weighted by Gasteiger charge is -2.39. The Morgan fingerprint density at radius 1 is 1.10 bits per heavy atom. The summed E-state index contributed by atoms with van der Waals surface area (Å²) in [7, 11) is 0. The normalized spacial score (nSPS) is 25.3. The number of Topliss-reactive ketones (excluding diaryl/α,β-unsaturated/α-hetero) is 2. The van der Waals surface area contributed by atoms with Crippen LogP contribution in [0.15, 0.2) is 23.1 Å². The van der Waals surface area contributed by atoms with E-state index in [9.17, 15) is 24.6 Å². The molecule has 1 aliphatic carbocycles. The van der Waals surface area contributed by atoms with E-state index in [-0.39, 0.29) is 45.1 Å². The maximum atomic E-state index is 14.1. The number of nitrogens with one attached hydrogen (secondary N) is 1. The van der Waals surface area contributed by atoms with Gasteiger partial charge in [0.25, 0.3) is 0 Å². The standard InChI is InChI=1S/C33H45NO7/c1-17(2)9-10-21(22-12-14-40-32(6,7)16-22)11-13-34-19(4)25-23(36)15-24-33(8,31(25)39)27-29(38)18(3)28(37)26(20(5)35)30(27)41-24/h15,17,21-22,34,37-38H,9-14,16H2,1-8H3/b25-19+/t21-,22-,33-/m0/s1. The average Bonchev–Trinajstić information content (AvgIpc) is 3.16.